The Kier molecular flexibility index (Phi) is 4.80. The van der Waals surface area contributed by atoms with Crippen molar-refractivity contribution in [1.82, 2.24) is 15.5 Å². The minimum Gasteiger partial charge on any atom is -0.411 e. The van der Waals surface area contributed by atoms with Crippen molar-refractivity contribution in [3.8, 4) is 0 Å². The van der Waals surface area contributed by atoms with Gasteiger partial charge in [0.2, 0.25) is 21.6 Å². The molecule has 0 atom stereocenters. The number of benzene rings is 1. The van der Waals surface area contributed by atoms with E-state index in [2.05, 4.69) is 15.5 Å². The molecule has 3 rings (SSSR count). The molecule has 1 aromatic carbocycles. The third kappa shape index (κ3) is 4.06. The van der Waals surface area contributed by atoms with Crippen LogP contribution < -0.4 is 5.32 Å². The minimum atomic E-state index is -3.82. The van der Waals surface area contributed by atoms with Gasteiger partial charge >= 0.3 is 5.22 Å². The van der Waals surface area contributed by atoms with Crippen LogP contribution in [0.4, 0.5) is 0 Å². The van der Waals surface area contributed by atoms with Crippen molar-refractivity contribution in [3.05, 3.63) is 39.7 Å². The van der Waals surface area contributed by atoms with Crippen LogP contribution in [0.2, 0.25) is 10.0 Å². The number of aromatic nitrogens is 2. The lowest BCUT2D eigenvalue weighted by Gasteiger charge is -2.02. The summed E-state index contributed by atoms with van der Waals surface area (Å²) in [4.78, 5) is 11.5. The van der Waals surface area contributed by atoms with E-state index < -0.39 is 15.1 Å². The van der Waals surface area contributed by atoms with Gasteiger partial charge in [0.1, 0.15) is 0 Å². The quantitative estimate of drug-likeness (QED) is 0.813. The maximum Gasteiger partial charge on any atom is 0.335 e. The fourth-order valence-corrected chi connectivity index (χ4v) is 3.45. The summed E-state index contributed by atoms with van der Waals surface area (Å²) in [7, 11) is -3.82. The van der Waals surface area contributed by atoms with Gasteiger partial charge in [0.25, 0.3) is 0 Å². The first kappa shape index (κ1) is 17.2. The number of halogens is 2. The molecule has 0 aliphatic heterocycles. The molecule has 0 bridgehead atoms. The molecule has 1 heterocycles. The van der Waals surface area contributed by atoms with E-state index in [4.69, 9.17) is 27.6 Å². The number of amides is 1. The van der Waals surface area contributed by atoms with Crippen molar-refractivity contribution in [3.63, 3.8) is 0 Å². The predicted octanol–water partition coefficient (Wildman–Crippen LogP) is 2.38. The zero-order chi connectivity index (χ0) is 17.3. The standard InChI is InChI=1S/C14H13Cl2N3O4S/c15-10-4-1-8(5-11(10)16)7-24(21,22)14-19-18-12(23-14)6-17-13(20)9-2-3-9/h1,4-5,9H,2-3,6-7H2,(H,17,20). The summed E-state index contributed by atoms with van der Waals surface area (Å²) in [5, 5.41) is 9.93. The lowest BCUT2D eigenvalue weighted by Crippen LogP contribution is -2.24. The summed E-state index contributed by atoms with van der Waals surface area (Å²) in [5.41, 5.74) is 0.450. The minimum absolute atomic E-state index is 0.00459. The van der Waals surface area contributed by atoms with Gasteiger partial charge in [-0.25, -0.2) is 8.42 Å². The zero-order valence-corrected chi connectivity index (χ0v) is 14.7. The second-order valence-corrected chi connectivity index (χ2v) is 8.14. The maximum atomic E-state index is 12.3. The Morgan fingerprint density at radius 2 is 2.00 bits per heavy atom. The Bertz CT molecular complexity index is 878. The van der Waals surface area contributed by atoms with Gasteiger partial charge in [0.15, 0.2) is 0 Å². The zero-order valence-electron chi connectivity index (χ0n) is 12.3. The summed E-state index contributed by atoms with van der Waals surface area (Å²) in [5.74, 6) is -0.351. The highest BCUT2D eigenvalue weighted by Gasteiger charge is 2.30. The lowest BCUT2D eigenvalue weighted by molar-refractivity contribution is -0.122. The molecule has 1 fully saturated rings. The number of rotatable bonds is 6. The molecule has 0 unspecified atom stereocenters. The normalized spacial score (nSPS) is 14.6. The van der Waals surface area contributed by atoms with Gasteiger partial charge in [-0.1, -0.05) is 34.4 Å². The van der Waals surface area contributed by atoms with E-state index in [0.29, 0.717) is 10.6 Å². The molecule has 10 heteroatoms. The van der Waals surface area contributed by atoms with E-state index >= 15 is 0 Å². The van der Waals surface area contributed by atoms with Gasteiger partial charge < -0.3 is 9.73 Å². The molecule has 0 radical (unpaired) electrons. The van der Waals surface area contributed by atoms with Gasteiger partial charge in [-0.3, -0.25) is 4.79 Å². The van der Waals surface area contributed by atoms with Gasteiger partial charge in [-0.05, 0) is 30.5 Å². The van der Waals surface area contributed by atoms with Gasteiger partial charge in [-0.15, -0.1) is 5.10 Å². The van der Waals surface area contributed by atoms with E-state index in [1.54, 1.807) is 6.07 Å². The fraction of sp³-hybridized carbons (Fsp3) is 0.357. The molecule has 1 N–H and O–H groups in total. The van der Waals surface area contributed by atoms with Crippen molar-refractivity contribution in [2.75, 3.05) is 0 Å². The van der Waals surface area contributed by atoms with Crippen molar-refractivity contribution < 1.29 is 17.6 Å². The molecule has 7 nitrogen and oxygen atoms in total. The van der Waals surface area contributed by atoms with Crippen molar-refractivity contribution in [1.29, 1.82) is 0 Å². The van der Waals surface area contributed by atoms with Crippen LogP contribution in [0.3, 0.4) is 0 Å². The van der Waals surface area contributed by atoms with Crippen LogP contribution in [-0.4, -0.2) is 24.5 Å². The molecule has 1 aliphatic carbocycles. The highest BCUT2D eigenvalue weighted by Crippen LogP contribution is 2.29. The smallest absolute Gasteiger partial charge is 0.335 e. The van der Waals surface area contributed by atoms with E-state index in [1.165, 1.54) is 12.1 Å². The SMILES string of the molecule is O=C(NCc1nnc(S(=O)(=O)Cc2ccc(Cl)c(Cl)c2)o1)C1CC1. The van der Waals surface area contributed by atoms with Crippen LogP contribution >= 0.6 is 23.2 Å². The van der Waals surface area contributed by atoms with E-state index in [0.717, 1.165) is 12.8 Å². The first-order chi connectivity index (χ1) is 11.3. The highest BCUT2D eigenvalue weighted by atomic mass is 35.5. The van der Waals surface area contributed by atoms with Crippen LogP contribution in [0.25, 0.3) is 0 Å². The summed E-state index contributed by atoms with van der Waals surface area (Å²) < 4.78 is 29.8. The number of carbonyl (C=O) groups is 1. The van der Waals surface area contributed by atoms with Gasteiger partial charge in [0, 0.05) is 5.92 Å². The first-order valence-corrected chi connectivity index (χ1v) is 9.53. The van der Waals surface area contributed by atoms with E-state index in [9.17, 15) is 13.2 Å². The molecular weight excluding hydrogens is 377 g/mol. The summed E-state index contributed by atoms with van der Waals surface area (Å²) in [6, 6.07) is 4.54. The predicted molar refractivity (Wildman–Crippen MR) is 86.2 cm³/mol. The topological polar surface area (TPSA) is 102 Å². The number of hydrogen-bond acceptors (Lipinski definition) is 6. The molecule has 128 valence electrons. The molecule has 0 spiro atoms. The van der Waals surface area contributed by atoms with E-state index in [1.807, 2.05) is 0 Å². The average Bonchev–Trinajstić information content (AvgIpc) is 3.26. The van der Waals surface area contributed by atoms with Crippen LogP contribution in [0.1, 0.15) is 24.3 Å². The van der Waals surface area contributed by atoms with Gasteiger partial charge in [-0.2, -0.15) is 0 Å². The second kappa shape index (κ2) is 6.70. The van der Waals surface area contributed by atoms with Gasteiger partial charge in [0.05, 0.1) is 22.3 Å². The maximum absolute atomic E-state index is 12.3. The Balaban J connectivity index is 1.67. The third-order valence-electron chi connectivity index (χ3n) is 3.42. The summed E-state index contributed by atoms with van der Waals surface area (Å²) >= 11 is 11.7. The van der Waals surface area contributed by atoms with Crippen LogP contribution in [0.15, 0.2) is 27.8 Å². The van der Waals surface area contributed by atoms with Crippen LogP contribution in [0.5, 0.6) is 0 Å². The first-order valence-electron chi connectivity index (χ1n) is 7.12. The van der Waals surface area contributed by atoms with Crippen molar-refractivity contribution in [2.45, 2.75) is 30.4 Å². The van der Waals surface area contributed by atoms with Crippen LogP contribution in [0, 0.1) is 5.92 Å². The molecule has 0 saturated heterocycles. The average molecular weight is 390 g/mol. The Morgan fingerprint density at radius 3 is 2.67 bits per heavy atom. The third-order valence-corrected chi connectivity index (χ3v) is 5.57. The second-order valence-electron chi connectivity index (χ2n) is 5.46. The largest absolute Gasteiger partial charge is 0.411 e. The van der Waals surface area contributed by atoms with Crippen molar-refractivity contribution >= 4 is 38.9 Å². The number of sulfone groups is 1. The molecule has 1 amide bonds. The molecule has 24 heavy (non-hydrogen) atoms. The van der Waals surface area contributed by atoms with Crippen molar-refractivity contribution in [2.24, 2.45) is 5.92 Å². The monoisotopic (exact) mass is 389 g/mol. The fourth-order valence-electron chi connectivity index (χ4n) is 2.00. The molecule has 2 aromatic rings. The number of nitrogens with one attached hydrogen (secondary N) is 1. The van der Waals surface area contributed by atoms with Crippen LogP contribution in [-0.2, 0) is 26.9 Å². The molecule has 1 aliphatic rings. The number of hydrogen-bond donors (Lipinski definition) is 1. The Hall–Kier alpha value is -1.64. The highest BCUT2D eigenvalue weighted by molar-refractivity contribution is 7.90. The number of carbonyl (C=O) groups excluding carboxylic acids is 1. The molecule has 1 aromatic heterocycles. The molecule has 1 saturated carbocycles. The Morgan fingerprint density at radius 1 is 1.25 bits per heavy atom. The summed E-state index contributed by atoms with van der Waals surface area (Å²) in [6.45, 7) is 0.00459. The van der Waals surface area contributed by atoms with E-state index in [-0.39, 0.29) is 35.0 Å². The summed E-state index contributed by atoms with van der Waals surface area (Å²) in [6.07, 6.45) is 1.75. The molecular formula is C14H13Cl2N3O4S. The number of nitrogens with zero attached hydrogens (tertiary/aromatic N) is 2. The lowest BCUT2D eigenvalue weighted by atomic mass is 10.2. The Labute approximate surface area is 148 Å².